The molecule has 0 amide bonds. The zero-order chi connectivity index (χ0) is 11.3. The number of rotatable bonds is 5. The van der Waals surface area contributed by atoms with Gasteiger partial charge in [0.25, 0.3) is 0 Å². The molecule has 3 nitrogen and oxygen atoms in total. The Bertz CT molecular complexity index is 303. The van der Waals surface area contributed by atoms with Gasteiger partial charge in [-0.1, -0.05) is 11.6 Å². The second-order valence-electron chi connectivity index (χ2n) is 3.65. The molecule has 0 aliphatic carbocycles. The molecule has 0 fully saturated rings. The summed E-state index contributed by atoms with van der Waals surface area (Å²) < 4.78 is 0. The molecular weight excluding hydrogens is 232 g/mol. The van der Waals surface area contributed by atoms with E-state index in [1.807, 2.05) is 6.26 Å². The summed E-state index contributed by atoms with van der Waals surface area (Å²) in [6, 6.07) is 3.55. The molecule has 1 rings (SSSR count). The van der Waals surface area contributed by atoms with E-state index in [0.717, 1.165) is 5.82 Å². The van der Waals surface area contributed by atoms with E-state index in [4.69, 9.17) is 11.6 Å². The molecule has 0 aromatic carbocycles. The molecule has 0 aliphatic heterocycles. The van der Waals surface area contributed by atoms with Gasteiger partial charge < -0.3 is 10.4 Å². The fraction of sp³-hybridized carbons (Fsp3) is 0.500. The summed E-state index contributed by atoms with van der Waals surface area (Å²) in [5.41, 5.74) is -0.721. The molecule has 1 aromatic rings. The summed E-state index contributed by atoms with van der Waals surface area (Å²) in [6.07, 6.45) is 3.54. The highest BCUT2D eigenvalue weighted by atomic mass is 35.5. The zero-order valence-corrected chi connectivity index (χ0v) is 10.4. The normalized spacial score (nSPS) is 14.7. The van der Waals surface area contributed by atoms with Gasteiger partial charge in [0.05, 0.1) is 10.6 Å². The SMILES string of the molecule is CSCC(C)(O)CNc1ccc(Cl)cn1. The van der Waals surface area contributed by atoms with E-state index in [1.54, 1.807) is 37.0 Å². The molecular formula is C10H15ClN2OS. The van der Waals surface area contributed by atoms with Crippen LogP contribution in [-0.4, -0.2) is 34.2 Å². The molecule has 0 spiro atoms. The Labute approximate surface area is 99.2 Å². The smallest absolute Gasteiger partial charge is 0.126 e. The van der Waals surface area contributed by atoms with Gasteiger partial charge in [-0.05, 0) is 25.3 Å². The number of nitrogens with one attached hydrogen (secondary N) is 1. The fourth-order valence-electron chi connectivity index (χ4n) is 1.12. The summed E-state index contributed by atoms with van der Waals surface area (Å²) in [7, 11) is 0. The Morgan fingerprint density at radius 3 is 2.87 bits per heavy atom. The first kappa shape index (κ1) is 12.6. The van der Waals surface area contributed by atoms with Crippen molar-refractivity contribution in [2.24, 2.45) is 0 Å². The highest BCUT2D eigenvalue weighted by Gasteiger charge is 2.19. The lowest BCUT2D eigenvalue weighted by molar-refractivity contribution is 0.0996. The molecule has 1 aromatic heterocycles. The van der Waals surface area contributed by atoms with Crippen LogP contribution in [0.1, 0.15) is 6.92 Å². The third-order valence-electron chi connectivity index (χ3n) is 1.83. The van der Waals surface area contributed by atoms with E-state index in [1.165, 1.54) is 0 Å². The third kappa shape index (κ3) is 4.73. The lowest BCUT2D eigenvalue weighted by Gasteiger charge is -2.22. The zero-order valence-electron chi connectivity index (χ0n) is 8.83. The fourth-order valence-corrected chi connectivity index (χ4v) is 1.96. The van der Waals surface area contributed by atoms with E-state index in [-0.39, 0.29) is 0 Å². The largest absolute Gasteiger partial charge is 0.387 e. The Kier molecular flexibility index (Phi) is 4.70. The number of hydrogen-bond acceptors (Lipinski definition) is 4. The maximum Gasteiger partial charge on any atom is 0.126 e. The summed E-state index contributed by atoms with van der Waals surface area (Å²) in [6.45, 7) is 2.27. The molecule has 2 N–H and O–H groups in total. The van der Waals surface area contributed by atoms with Crippen LogP contribution in [0.15, 0.2) is 18.3 Å². The molecule has 0 aliphatic rings. The number of aliphatic hydroxyl groups is 1. The molecule has 1 heterocycles. The van der Waals surface area contributed by atoms with Crippen LogP contribution < -0.4 is 5.32 Å². The first-order chi connectivity index (χ1) is 7.03. The van der Waals surface area contributed by atoms with Crippen molar-refractivity contribution in [1.82, 2.24) is 4.98 Å². The van der Waals surface area contributed by atoms with E-state index in [2.05, 4.69) is 10.3 Å². The lowest BCUT2D eigenvalue weighted by atomic mass is 10.1. The maximum absolute atomic E-state index is 9.89. The Balaban J connectivity index is 2.46. The quantitative estimate of drug-likeness (QED) is 0.837. The van der Waals surface area contributed by atoms with Gasteiger partial charge in [-0.15, -0.1) is 0 Å². The summed E-state index contributed by atoms with van der Waals surface area (Å²) in [4.78, 5) is 4.08. The van der Waals surface area contributed by atoms with Crippen molar-refractivity contribution in [1.29, 1.82) is 0 Å². The molecule has 1 unspecified atom stereocenters. The molecule has 5 heteroatoms. The van der Waals surface area contributed by atoms with Gasteiger partial charge in [-0.3, -0.25) is 0 Å². The highest BCUT2D eigenvalue weighted by molar-refractivity contribution is 7.98. The van der Waals surface area contributed by atoms with E-state index < -0.39 is 5.60 Å². The van der Waals surface area contributed by atoms with E-state index in [0.29, 0.717) is 17.3 Å². The molecule has 0 bridgehead atoms. The van der Waals surface area contributed by atoms with Crippen LogP contribution >= 0.6 is 23.4 Å². The van der Waals surface area contributed by atoms with Gasteiger partial charge >= 0.3 is 0 Å². The number of nitrogens with zero attached hydrogens (tertiary/aromatic N) is 1. The number of aromatic nitrogens is 1. The summed E-state index contributed by atoms with van der Waals surface area (Å²) >= 11 is 7.32. The first-order valence-corrected chi connectivity index (χ1v) is 6.37. The molecule has 1 atom stereocenters. The average Bonchev–Trinajstić information content (AvgIpc) is 2.17. The average molecular weight is 247 g/mol. The second-order valence-corrected chi connectivity index (χ2v) is 4.95. The van der Waals surface area contributed by atoms with Gasteiger partial charge in [0.15, 0.2) is 0 Å². The minimum atomic E-state index is -0.721. The first-order valence-electron chi connectivity index (χ1n) is 4.60. The van der Waals surface area contributed by atoms with E-state index in [9.17, 15) is 5.11 Å². The minimum Gasteiger partial charge on any atom is -0.387 e. The summed E-state index contributed by atoms with van der Waals surface area (Å²) in [5.74, 6) is 1.41. The Morgan fingerprint density at radius 2 is 2.33 bits per heavy atom. The van der Waals surface area contributed by atoms with Gasteiger partial charge in [-0.25, -0.2) is 4.98 Å². The molecule has 0 saturated heterocycles. The maximum atomic E-state index is 9.89. The van der Waals surface area contributed by atoms with Gasteiger partial charge in [0.2, 0.25) is 0 Å². The van der Waals surface area contributed by atoms with Crippen LogP contribution in [-0.2, 0) is 0 Å². The Morgan fingerprint density at radius 1 is 1.60 bits per heavy atom. The van der Waals surface area contributed by atoms with Crippen LogP contribution in [0.25, 0.3) is 0 Å². The van der Waals surface area contributed by atoms with Gasteiger partial charge in [0, 0.05) is 18.5 Å². The van der Waals surface area contributed by atoms with Crippen LogP contribution in [0.5, 0.6) is 0 Å². The number of thioether (sulfide) groups is 1. The van der Waals surface area contributed by atoms with Crippen molar-refractivity contribution >= 4 is 29.2 Å². The predicted octanol–water partition coefficient (Wildman–Crippen LogP) is 2.26. The van der Waals surface area contributed by atoms with Gasteiger partial charge in [0.1, 0.15) is 5.82 Å². The predicted molar refractivity (Wildman–Crippen MR) is 66.7 cm³/mol. The monoisotopic (exact) mass is 246 g/mol. The van der Waals surface area contributed by atoms with Crippen molar-refractivity contribution in [2.45, 2.75) is 12.5 Å². The third-order valence-corrected chi connectivity index (χ3v) is 2.97. The van der Waals surface area contributed by atoms with Gasteiger partial charge in [-0.2, -0.15) is 11.8 Å². The molecule has 15 heavy (non-hydrogen) atoms. The standard InChI is InChI=1S/C10H15ClN2OS/c1-10(14,7-15-2)6-13-9-4-3-8(11)5-12-9/h3-5,14H,6-7H2,1-2H3,(H,12,13). The number of halogens is 1. The lowest BCUT2D eigenvalue weighted by Crippen LogP contribution is -2.36. The molecule has 0 saturated carbocycles. The second kappa shape index (κ2) is 5.58. The number of pyridine rings is 1. The number of anilines is 1. The van der Waals surface area contributed by atoms with Crippen molar-refractivity contribution in [3.63, 3.8) is 0 Å². The Hall–Kier alpha value is -0.450. The number of hydrogen-bond donors (Lipinski definition) is 2. The van der Waals surface area contributed by atoms with E-state index >= 15 is 0 Å². The van der Waals surface area contributed by atoms with Crippen LogP contribution in [0, 0.1) is 0 Å². The van der Waals surface area contributed by atoms with Crippen molar-refractivity contribution in [2.75, 3.05) is 23.9 Å². The topological polar surface area (TPSA) is 45.1 Å². The van der Waals surface area contributed by atoms with Crippen LogP contribution in [0.4, 0.5) is 5.82 Å². The van der Waals surface area contributed by atoms with Crippen molar-refractivity contribution in [3.05, 3.63) is 23.4 Å². The van der Waals surface area contributed by atoms with Crippen molar-refractivity contribution in [3.8, 4) is 0 Å². The van der Waals surface area contributed by atoms with Crippen molar-refractivity contribution < 1.29 is 5.11 Å². The van der Waals surface area contributed by atoms with Crippen LogP contribution in [0.3, 0.4) is 0 Å². The minimum absolute atomic E-state index is 0.475. The van der Waals surface area contributed by atoms with Crippen LogP contribution in [0.2, 0.25) is 5.02 Å². The summed E-state index contributed by atoms with van der Waals surface area (Å²) in [5, 5.41) is 13.6. The highest BCUT2D eigenvalue weighted by Crippen LogP contribution is 2.13. The molecule has 0 radical (unpaired) electrons. The molecule has 84 valence electrons.